The Labute approximate surface area is 909 Å². The number of Topliss-reactive ketones (excluding diaryl/α,β-unsaturated/α-hetero) is 5. The number of fused-ring (bicyclic) bond motifs is 30. The molecular weight excluding hydrogens is 1860 g/mol. The van der Waals surface area contributed by atoms with Crippen molar-refractivity contribution in [3.63, 3.8) is 0 Å². The van der Waals surface area contributed by atoms with Gasteiger partial charge in [-0.3, -0.25) is 24.0 Å². The number of allylic oxidation sites excluding steroid dienone is 6. The van der Waals surface area contributed by atoms with Crippen molar-refractivity contribution in [2.45, 2.75) is 479 Å². The molecule has 0 spiro atoms. The van der Waals surface area contributed by atoms with Gasteiger partial charge in [-0.2, -0.15) is 0 Å². The normalized spacial score (nSPS) is 53.7. The third kappa shape index (κ3) is 18.0. The Kier molecular flexibility index (Phi) is 33.4. The highest BCUT2D eigenvalue weighted by Gasteiger charge is 2.73. The van der Waals surface area contributed by atoms with Gasteiger partial charge in [-0.05, 0) is 591 Å². The molecule has 1 unspecified atom stereocenters. The Morgan fingerprint density at radius 2 is 0.673 bits per heavy atom. The predicted molar refractivity (Wildman–Crippen MR) is 601 cm³/mol. The molecule has 52 atom stereocenters. The lowest BCUT2D eigenvalue weighted by Crippen LogP contribution is -2.61. The third-order valence-corrected chi connectivity index (χ3v) is 56.2. The van der Waals surface area contributed by atoms with Crippen molar-refractivity contribution in [3.8, 4) is 0 Å². The van der Waals surface area contributed by atoms with Crippen LogP contribution in [0.15, 0.2) is 75.9 Å². The number of rotatable bonds is 15. The molecule has 0 bridgehead atoms. The summed E-state index contributed by atoms with van der Waals surface area (Å²) in [5, 5.41) is 71.8. The van der Waals surface area contributed by atoms with Crippen molar-refractivity contribution in [3.05, 3.63) is 75.9 Å². The number of ether oxygens (including phenoxy) is 2. The molecule has 150 heavy (non-hydrogen) atoms. The molecule has 24 aliphatic rings. The molecule has 24 fully saturated rings. The predicted octanol–water partition coefficient (Wildman–Crippen LogP) is 28.2. The van der Waals surface area contributed by atoms with Crippen molar-refractivity contribution in [2.75, 3.05) is 14.2 Å². The fraction of sp³-hybridized carbons (Fsp3) is 0.875. The van der Waals surface area contributed by atoms with E-state index in [1.54, 1.807) is 6.92 Å². The molecule has 24 aliphatic carbocycles. The average molecular weight is 2070 g/mol. The topological polar surface area (TPSA) is 245 Å². The molecule has 0 aromatic carbocycles. The van der Waals surface area contributed by atoms with Gasteiger partial charge in [0, 0.05) is 47.2 Å². The molecule has 14 nitrogen and oxygen atoms in total. The highest BCUT2D eigenvalue weighted by molar-refractivity contribution is 5.86. The summed E-state index contributed by atoms with van der Waals surface area (Å²) in [4.78, 5) is 63.8. The van der Waals surface area contributed by atoms with Crippen LogP contribution < -0.4 is 0 Å². The number of hydrogen-bond donors (Lipinski definition) is 7. The Balaban J connectivity index is 0.000000113. The van der Waals surface area contributed by atoms with Crippen LogP contribution in [0.3, 0.4) is 0 Å². The van der Waals surface area contributed by atoms with Crippen LogP contribution in [0.4, 0.5) is 0 Å². The van der Waals surface area contributed by atoms with Crippen LogP contribution in [0, 0.1) is 248 Å². The summed E-state index contributed by atoms with van der Waals surface area (Å²) < 4.78 is 12.1. The smallest absolute Gasteiger partial charge is 0.136 e. The first kappa shape index (κ1) is 115. The maximum absolute atomic E-state index is 13.0. The van der Waals surface area contributed by atoms with E-state index in [0.717, 1.165) is 227 Å². The summed E-state index contributed by atoms with van der Waals surface area (Å²) in [7, 11) is 3.69. The third-order valence-electron chi connectivity index (χ3n) is 56.2. The van der Waals surface area contributed by atoms with E-state index < -0.39 is 0 Å². The quantitative estimate of drug-likeness (QED) is 0.0754. The van der Waals surface area contributed by atoms with E-state index in [0.29, 0.717) is 175 Å². The number of hydrogen-bond acceptors (Lipinski definition) is 14. The van der Waals surface area contributed by atoms with E-state index >= 15 is 0 Å². The van der Waals surface area contributed by atoms with Crippen LogP contribution in [0.5, 0.6) is 0 Å². The van der Waals surface area contributed by atoms with Gasteiger partial charge >= 0.3 is 0 Å². The minimum atomic E-state index is -0.249. The van der Waals surface area contributed by atoms with E-state index in [2.05, 4.69) is 124 Å². The van der Waals surface area contributed by atoms with E-state index in [4.69, 9.17) is 9.47 Å². The van der Waals surface area contributed by atoms with Crippen molar-refractivity contribution in [1.82, 2.24) is 0 Å². The zero-order chi connectivity index (χ0) is 107. The highest BCUT2D eigenvalue weighted by atomic mass is 16.5. The molecule has 0 amide bonds. The Morgan fingerprint density at radius 3 is 1.13 bits per heavy atom. The second-order valence-electron chi connectivity index (χ2n) is 59.4. The molecule has 0 heterocycles. The van der Waals surface area contributed by atoms with Gasteiger partial charge < -0.3 is 45.2 Å². The van der Waals surface area contributed by atoms with Crippen LogP contribution in [0.2, 0.25) is 0 Å². The van der Waals surface area contributed by atoms with Crippen LogP contribution in [0.1, 0.15) is 424 Å². The van der Waals surface area contributed by atoms with Crippen molar-refractivity contribution in [1.29, 1.82) is 0 Å². The largest absolute Gasteiger partial charge is 0.393 e. The molecule has 842 valence electrons. The Morgan fingerprint density at radius 1 is 0.320 bits per heavy atom. The number of aliphatic hydroxyl groups excluding tert-OH is 7. The summed E-state index contributed by atoms with van der Waals surface area (Å²) in [6.07, 6.45) is 71.8. The number of aliphatic hydroxyl groups is 7. The molecule has 0 radical (unpaired) electrons. The standard InChI is InChI=1S/2C23H36O3.2C23H36O2.C22H36O2.C22H34O2/c1-5-15-7-9-19-18-8-6-16-12-17(25)10-11-22(16,3)21(18)20(26-4)13-23(15,19)14(2)24;1-5-15-6-7-19-17-13-21(26-4)20-12-16(25)8-10-22(20,3)18(17)9-11-23(15,19)14(2)24;1-5-16-7-9-20-18-8-6-17-12-21(25)14(2)13-22(17,4)19(18)10-11-23(16,20)15(3)24;1-4-16-7-9-21-19-8-6-17-14-18(25)10-12-22(17,5-2)20(19)11-13-23(16,21)15(3)24;2*1-4-22-12-10-19-17(20(22)8-7-18(22)14(2)23)6-5-15-13-16(24)9-11-21(15,19)3/h2*5,15-21,25H,1,6-13H2,2-4H3;5,14,16-21,25H,1,6-13H2,2-4H3;4,16-21,25H,1,5-14H2,2-3H3;4,14-20,23-24H,1,5-13H2,2-3H3;4,15-20,24H,1,5-13H2,2-3H3/t15-,16-,17+,18-,19-,20-,21+,22-,23-;15-,16+,17+,18-,19-,20+,21+,22+,23-;14-,16-,17-,18+,19-,20-,21-,22-,23-;16-,17-,18+,19+,20-,21-,22-,23-;14?,15-,16+,17+,18+,19-,20-,21-,22+;15-,16+,17+,18+,19-,20-,21-,22+/m000000/s1. The van der Waals surface area contributed by atoms with Crippen molar-refractivity contribution >= 4 is 28.9 Å². The maximum atomic E-state index is 13.0. The van der Waals surface area contributed by atoms with Crippen molar-refractivity contribution < 1.29 is 69.2 Å². The van der Waals surface area contributed by atoms with Crippen LogP contribution >= 0.6 is 0 Å². The van der Waals surface area contributed by atoms with Gasteiger partial charge in [0.1, 0.15) is 28.9 Å². The first-order chi connectivity index (χ1) is 71.4. The minimum absolute atomic E-state index is 0.0541. The van der Waals surface area contributed by atoms with E-state index in [1.165, 1.54) is 161 Å². The van der Waals surface area contributed by atoms with Gasteiger partial charge in [0.2, 0.25) is 0 Å². The summed E-state index contributed by atoms with van der Waals surface area (Å²) in [6, 6.07) is 0. The zero-order valence-corrected chi connectivity index (χ0v) is 97.1. The maximum Gasteiger partial charge on any atom is 0.136 e. The lowest BCUT2D eigenvalue weighted by molar-refractivity contribution is -0.189. The van der Waals surface area contributed by atoms with Crippen LogP contribution in [-0.4, -0.2) is 134 Å². The molecule has 14 heteroatoms. The molecule has 0 saturated heterocycles. The molecular formula is C136H214O14. The lowest BCUT2D eigenvalue weighted by Gasteiger charge is -2.62. The van der Waals surface area contributed by atoms with Gasteiger partial charge in [-0.15, -0.1) is 39.5 Å². The minimum Gasteiger partial charge on any atom is -0.393 e. The summed E-state index contributed by atoms with van der Waals surface area (Å²) in [5.41, 5.74) is 1.83. The fourth-order valence-electron chi connectivity index (χ4n) is 49.3. The number of carbonyl (C=O) groups is 5. The van der Waals surface area contributed by atoms with Gasteiger partial charge in [0.15, 0.2) is 0 Å². The summed E-state index contributed by atoms with van der Waals surface area (Å²) in [6.45, 7) is 53.1. The van der Waals surface area contributed by atoms with E-state index in [1.807, 2.05) is 48.8 Å². The molecule has 24 saturated carbocycles. The zero-order valence-electron chi connectivity index (χ0n) is 97.1. The van der Waals surface area contributed by atoms with Crippen LogP contribution in [-0.2, 0) is 33.4 Å². The fourth-order valence-corrected chi connectivity index (χ4v) is 49.3. The first-order valence-electron chi connectivity index (χ1n) is 63.6. The van der Waals surface area contributed by atoms with Gasteiger partial charge in [-0.1, -0.05) is 84.9 Å². The number of ketones is 5. The Hall–Kier alpha value is -3.57. The van der Waals surface area contributed by atoms with E-state index in [9.17, 15) is 59.7 Å². The second-order valence-corrected chi connectivity index (χ2v) is 59.4. The first-order valence-corrected chi connectivity index (χ1v) is 63.6. The second kappa shape index (κ2) is 43.7. The molecule has 7 N–H and O–H groups in total. The Bertz CT molecular complexity index is 4850. The highest BCUT2D eigenvalue weighted by Crippen LogP contribution is 2.78. The van der Waals surface area contributed by atoms with Crippen LogP contribution in [0.25, 0.3) is 0 Å². The molecule has 0 aromatic rings. The van der Waals surface area contributed by atoms with Gasteiger partial charge in [-0.25, -0.2) is 0 Å². The molecule has 24 rings (SSSR count). The number of methoxy groups -OCH3 is 2. The summed E-state index contributed by atoms with van der Waals surface area (Å²) >= 11 is 0. The van der Waals surface area contributed by atoms with Gasteiger partial charge in [0.05, 0.1) is 54.9 Å². The number of carbonyl (C=O) groups excluding carboxylic acids is 5. The molecule has 0 aliphatic heterocycles. The van der Waals surface area contributed by atoms with E-state index in [-0.39, 0.29) is 104 Å². The monoisotopic (exact) mass is 2070 g/mol. The molecule has 0 aromatic heterocycles. The summed E-state index contributed by atoms with van der Waals surface area (Å²) in [5.74, 6) is 20.5. The van der Waals surface area contributed by atoms with Gasteiger partial charge in [0.25, 0.3) is 0 Å². The average Bonchev–Trinajstić information content (AvgIpc) is 1.42. The van der Waals surface area contributed by atoms with Crippen molar-refractivity contribution in [2.24, 2.45) is 248 Å². The SMILES string of the molecule is C=C[C@H]1CC[C@H]2[C@@H]3CC[C@H]4C[C@H](O)CC[C@]4(C)[C@H]3[C@@H](OC)C[C@]12C(C)=O.C=C[C@H]1CC[C@H]2[C@@H]3CC[C@H]4C[C@H](O)CC[C@]4(CC)[C@H]3CC[C@]12C(C)=O.C=C[C@H]1CC[C@H]2[C@@H]3CC[C@H]4C[C@H](O)[C@@H](C)C[C@]4(C)[C@H]3CC[C@]12C(C)=O.C=C[C@H]1CC[C@H]2[C@@H]3C[C@@H](OC)[C@H]4C[C@H](O)CC[C@]4(C)[C@H]3CC[C@]12C(C)=O.C=C[C@]12CC[C@H]3[C@@H](CC[C@H]4C[C@H](O)CC[C@@]43C)[C@@H]1CC[C@@H]2C(C)=O.C=C[C@]12CC[C@H]3[C@@H](CC[C@H]4C[C@H](O)CC[C@@]43C)[C@@H]1CC[C@@H]2C(C)O. The lowest BCUT2D eigenvalue weighted by atomic mass is 9.43.